The van der Waals surface area contributed by atoms with Gasteiger partial charge in [0.2, 0.25) is 0 Å². The fourth-order valence-electron chi connectivity index (χ4n) is 3.72. The summed E-state index contributed by atoms with van der Waals surface area (Å²) in [4.78, 5) is 26.3. The maximum Gasteiger partial charge on any atom is 0.490 e. The third-order valence-electron chi connectivity index (χ3n) is 5.76. The van der Waals surface area contributed by atoms with Gasteiger partial charge < -0.3 is 20.2 Å². The molecule has 0 saturated carbocycles. The predicted molar refractivity (Wildman–Crippen MR) is 139 cm³/mol. The second kappa shape index (κ2) is 13.5. The Hall–Kier alpha value is -3.32. The number of benzene rings is 2. The molecule has 2 aromatic carbocycles. The summed E-state index contributed by atoms with van der Waals surface area (Å²) >= 11 is 0. The molecule has 1 aliphatic heterocycles. The molecule has 0 radical (unpaired) electrons. The van der Waals surface area contributed by atoms with Gasteiger partial charge in [-0.3, -0.25) is 9.52 Å². The molecule has 0 aromatic heterocycles. The van der Waals surface area contributed by atoms with Gasteiger partial charge in [0.1, 0.15) is 0 Å². The van der Waals surface area contributed by atoms with Gasteiger partial charge in [0.15, 0.2) is 0 Å². The van der Waals surface area contributed by atoms with Crippen molar-refractivity contribution in [2.45, 2.75) is 37.8 Å². The molecule has 0 spiro atoms. The summed E-state index contributed by atoms with van der Waals surface area (Å²) in [6.07, 6.45) is -3.16. The summed E-state index contributed by atoms with van der Waals surface area (Å²) in [5.41, 5.74) is 2.41. The molecule has 1 saturated heterocycles. The standard InChI is InChI=1S/C23H32N4O3S.C2HF3O2/c1-4-5-14-26(3)23(28)20-17-19(10-11-21(20)27-15-12-24-13-16-27)25-31(29,30)22-9-7-6-8-18(22)2;3-2(4,5)1(6)7/h6-11,17,24-25H,4-5,12-16H2,1-3H3;(H,6,7). The molecule has 1 fully saturated rings. The third kappa shape index (κ3) is 8.62. The van der Waals surface area contributed by atoms with Gasteiger partial charge in [-0.15, -0.1) is 0 Å². The number of carbonyl (C=O) groups is 2. The van der Waals surface area contributed by atoms with E-state index >= 15 is 0 Å². The van der Waals surface area contributed by atoms with Crippen molar-refractivity contribution >= 4 is 33.3 Å². The number of carboxylic acids is 1. The average molecular weight is 559 g/mol. The number of aliphatic carboxylic acids is 1. The van der Waals surface area contributed by atoms with E-state index in [0.29, 0.717) is 23.4 Å². The van der Waals surface area contributed by atoms with Crippen LogP contribution in [0.3, 0.4) is 0 Å². The van der Waals surface area contributed by atoms with E-state index in [-0.39, 0.29) is 10.8 Å². The van der Waals surface area contributed by atoms with Crippen molar-refractivity contribution < 1.29 is 36.3 Å². The number of halogens is 3. The Morgan fingerprint density at radius 3 is 2.29 bits per heavy atom. The molecule has 0 atom stereocenters. The molecule has 1 aliphatic rings. The van der Waals surface area contributed by atoms with Gasteiger partial charge in [0, 0.05) is 51.1 Å². The number of sulfonamides is 1. The second-order valence-electron chi connectivity index (χ2n) is 8.72. The van der Waals surface area contributed by atoms with Crippen LogP contribution >= 0.6 is 0 Å². The Balaban J connectivity index is 0.000000638. The first-order valence-corrected chi connectivity index (χ1v) is 13.5. The number of carbonyl (C=O) groups excluding carboxylic acids is 1. The molecule has 0 aliphatic carbocycles. The van der Waals surface area contributed by atoms with E-state index < -0.39 is 22.2 Å². The molecule has 2 aromatic rings. The Morgan fingerprint density at radius 2 is 1.74 bits per heavy atom. The van der Waals surface area contributed by atoms with Crippen LogP contribution in [0.25, 0.3) is 0 Å². The zero-order chi connectivity index (χ0) is 28.5. The normalized spacial score (nSPS) is 13.8. The highest BCUT2D eigenvalue weighted by molar-refractivity contribution is 7.92. The van der Waals surface area contributed by atoms with Crippen LogP contribution in [0.5, 0.6) is 0 Å². The van der Waals surface area contributed by atoms with E-state index in [9.17, 15) is 26.4 Å². The van der Waals surface area contributed by atoms with Crippen LogP contribution in [0.2, 0.25) is 0 Å². The number of hydrogen-bond acceptors (Lipinski definition) is 6. The van der Waals surface area contributed by atoms with Crippen LogP contribution < -0.4 is 14.9 Å². The minimum Gasteiger partial charge on any atom is -0.475 e. The molecule has 0 unspecified atom stereocenters. The molecule has 38 heavy (non-hydrogen) atoms. The minimum atomic E-state index is -5.08. The third-order valence-corrected chi connectivity index (χ3v) is 7.30. The maximum atomic E-state index is 13.3. The van der Waals surface area contributed by atoms with E-state index in [1.165, 1.54) is 0 Å². The topological polar surface area (TPSA) is 119 Å². The highest BCUT2D eigenvalue weighted by atomic mass is 32.2. The zero-order valence-electron chi connectivity index (χ0n) is 21.5. The van der Waals surface area contributed by atoms with Gasteiger partial charge in [-0.2, -0.15) is 13.2 Å². The Labute approximate surface area is 220 Å². The van der Waals surface area contributed by atoms with Gasteiger partial charge in [0.05, 0.1) is 10.5 Å². The Kier molecular flexibility index (Phi) is 11.0. The zero-order valence-corrected chi connectivity index (χ0v) is 22.3. The van der Waals surface area contributed by atoms with Crippen molar-refractivity contribution in [3.63, 3.8) is 0 Å². The van der Waals surface area contributed by atoms with E-state index in [0.717, 1.165) is 44.7 Å². The monoisotopic (exact) mass is 558 g/mol. The number of unbranched alkanes of at least 4 members (excludes halogenated alkanes) is 1. The highest BCUT2D eigenvalue weighted by Gasteiger charge is 2.38. The van der Waals surface area contributed by atoms with Crippen LogP contribution in [0.4, 0.5) is 24.5 Å². The van der Waals surface area contributed by atoms with Crippen molar-refractivity contribution in [2.75, 3.05) is 49.4 Å². The Morgan fingerprint density at radius 1 is 1.13 bits per heavy atom. The lowest BCUT2D eigenvalue weighted by Gasteiger charge is -2.32. The fraction of sp³-hybridized carbons (Fsp3) is 0.440. The number of piperazine rings is 1. The lowest BCUT2D eigenvalue weighted by atomic mass is 10.1. The van der Waals surface area contributed by atoms with Crippen molar-refractivity contribution in [3.05, 3.63) is 53.6 Å². The summed E-state index contributed by atoms with van der Waals surface area (Å²) in [6.45, 7) is 7.81. The quantitative estimate of drug-likeness (QED) is 0.452. The Bertz CT molecular complexity index is 1220. The molecule has 3 rings (SSSR count). The SMILES string of the molecule is CCCCN(C)C(=O)c1cc(NS(=O)(=O)c2ccccc2C)ccc1N1CCNCC1.O=C(O)C(F)(F)F. The molecule has 0 bridgehead atoms. The first kappa shape index (κ1) is 30.9. The smallest absolute Gasteiger partial charge is 0.475 e. The van der Waals surface area contributed by atoms with Crippen molar-refractivity contribution in [1.82, 2.24) is 10.2 Å². The second-order valence-corrected chi connectivity index (χ2v) is 10.4. The van der Waals surface area contributed by atoms with Crippen LogP contribution in [0, 0.1) is 6.92 Å². The summed E-state index contributed by atoms with van der Waals surface area (Å²) in [6, 6.07) is 12.1. The van der Waals surface area contributed by atoms with Gasteiger partial charge in [-0.05, 0) is 43.2 Å². The highest BCUT2D eigenvalue weighted by Crippen LogP contribution is 2.28. The molecular weight excluding hydrogens is 525 g/mol. The van der Waals surface area contributed by atoms with Gasteiger partial charge in [0.25, 0.3) is 15.9 Å². The number of rotatable bonds is 8. The van der Waals surface area contributed by atoms with Crippen LogP contribution in [0.1, 0.15) is 35.7 Å². The number of nitrogens with one attached hydrogen (secondary N) is 2. The maximum absolute atomic E-state index is 13.3. The van der Waals surface area contributed by atoms with Crippen molar-refractivity contribution in [3.8, 4) is 0 Å². The summed E-state index contributed by atoms with van der Waals surface area (Å²) in [7, 11) is -1.96. The summed E-state index contributed by atoms with van der Waals surface area (Å²) in [5, 5.41) is 10.4. The van der Waals surface area contributed by atoms with E-state index in [1.807, 2.05) is 6.07 Å². The molecule has 1 heterocycles. The number of aryl methyl sites for hydroxylation is 1. The summed E-state index contributed by atoms with van der Waals surface area (Å²) in [5.74, 6) is -2.86. The average Bonchev–Trinajstić information content (AvgIpc) is 2.87. The first-order valence-electron chi connectivity index (χ1n) is 12.0. The lowest BCUT2D eigenvalue weighted by Crippen LogP contribution is -2.44. The predicted octanol–water partition coefficient (Wildman–Crippen LogP) is 3.71. The largest absolute Gasteiger partial charge is 0.490 e. The molecule has 13 heteroatoms. The number of anilines is 2. The summed E-state index contributed by atoms with van der Waals surface area (Å²) < 4.78 is 60.3. The van der Waals surface area contributed by atoms with Crippen molar-refractivity contribution in [2.24, 2.45) is 0 Å². The van der Waals surface area contributed by atoms with Crippen molar-refractivity contribution in [1.29, 1.82) is 0 Å². The molecule has 210 valence electrons. The minimum absolute atomic E-state index is 0.0982. The number of amides is 1. The fourth-order valence-corrected chi connectivity index (χ4v) is 5.02. The molecule has 9 nitrogen and oxygen atoms in total. The molecular formula is C25H33F3N4O5S. The van der Waals surface area contributed by atoms with Gasteiger partial charge in [-0.1, -0.05) is 31.5 Å². The first-order chi connectivity index (χ1) is 17.8. The van der Waals surface area contributed by atoms with Gasteiger partial charge in [-0.25, -0.2) is 13.2 Å². The number of carboxylic acid groups (broad SMARTS) is 1. The van der Waals surface area contributed by atoms with E-state index in [2.05, 4.69) is 21.9 Å². The number of hydrogen-bond donors (Lipinski definition) is 3. The van der Waals surface area contributed by atoms with Crippen LogP contribution in [-0.4, -0.2) is 76.2 Å². The van der Waals surface area contributed by atoms with E-state index in [4.69, 9.17) is 9.90 Å². The van der Waals surface area contributed by atoms with Crippen LogP contribution in [-0.2, 0) is 14.8 Å². The molecule has 1 amide bonds. The van der Waals surface area contributed by atoms with Crippen LogP contribution in [0.15, 0.2) is 47.4 Å². The molecule has 3 N–H and O–H groups in total. The lowest BCUT2D eigenvalue weighted by molar-refractivity contribution is -0.192. The van der Waals surface area contributed by atoms with Gasteiger partial charge >= 0.3 is 12.1 Å². The van der Waals surface area contributed by atoms with E-state index in [1.54, 1.807) is 55.3 Å². The number of nitrogens with zero attached hydrogens (tertiary/aromatic N) is 2. The number of alkyl halides is 3.